The van der Waals surface area contributed by atoms with Crippen LogP contribution in [0.25, 0.3) is 32.9 Å². The van der Waals surface area contributed by atoms with Crippen LogP contribution in [0.15, 0.2) is 36.5 Å². The molecule has 2 atom stereocenters. The van der Waals surface area contributed by atoms with Gasteiger partial charge in [0, 0.05) is 48.9 Å². The average molecular weight is 583 g/mol. The number of likely N-dealkylation sites (tertiary alicyclic amines) is 1. The van der Waals surface area contributed by atoms with Crippen LogP contribution in [0, 0.1) is 11.6 Å². The Hall–Kier alpha value is -3.83. The molecular formula is C29H29ClF2N6O3. The predicted octanol–water partition coefficient (Wildman–Crippen LogP) is 5.44. The summed E-state index contributed by atoms with van der Waals surface area (Å²) in [6.45, 7) is 4.11. The van der Waals surface area contributed by atoms with Gasteiger partial charge in [-0.05, 0) is 44.8 Å². The van der Waals surface area contributed by atoms with Gasteiger partial charge in [0.05, 0.1) is 10.4 Å². The Labute approximate surface area is 240 Å². The summed E-state index contributed by atoms with van der Waals surface area (Å²) in [4.78, 5) is 30.7. The van der Waals surface area contributed by atoms with Crippen LogP contribution in [0.5, 0.6) is 6.01 Å². The van der Waals surface area contributed by atoms with E-state index < -0.39 is 17.7 Å². The highest BCUT2D eigenvalue weighted by atomic mass is 35.5. The quantitative estimate of drug-likeness (QED) is 0.332. The van der Waals surface area contributed by atoms with E-state index >= 15 is 4.39 Å². The van der Waals surface area contributed by atoms with Gasteiger partial charge < -0.3 is 24.5 Å². The molecule has 2 aromatic carbocycles. The maximum Gasteiger partial charge on any atom is 0.407 e. The van der Waals surface area contributed by atoms with Gasteiger partial charge >= 0.3 is 12.1 Å². The molecule has 1 N–H and O–H groups in total. The number of rotatable bonds is 5. The Balaban J connectivity index is 1.47. The number of benzene rings is 2. The molecule has 0 radical (unpaired) electrons. The number of carbonyl (C=O) groups is 1. The van der Waals surface area contributed by atoms with Crippen molar-refractivity contribution in [1.29, 1.82) is 0 Å². The fourth-order valence-electron chi connectivity index (χ4n) is 5.82. The van der Waals surface area contributed by atoms with Crippen LogP contribution in [0.2, 0.25) is 5.02 Å². The highest BCUT2D eigenvalue weighted by Crippen LogP contribution is 2.38. The van der Waals surface area contributed by atoms with E-state index in [1.165, 1.54) is 17.2 Å². The smallest absolute Gasteiger partial charge is 0.407 e. The van der Waals surface area contributed by atoms with Crippen molar-refractivity contribution < 1.29 is 23.4 Å². The van der Waals surface area contributed by atoms with Crippen molar-refractivity contribution in [3.8, 4) is 17.3 Å². The second-order valence-corrected chi connectivity index (χ2v) is 11.0. The molecule has 4 heterocycles. The second kappa shape index (κ2) is 10.9. The van der Waals surface area contributed by atoms with Gasteiger partial charge in [-0.2, -0.15) is 9.97 Å². The van der Waals surface area contributed by atoms with E-state index in [9.17, 15) is 14.3 Å². The second-order valence-electron chi connectivity index (χ2n) is 10.6. The number of aromatic nitrogens is 3. The van der Waals surface area contributed by atoms with Gasteiger partial charge in [-0.1, -0.05) is 35.9 Å². The normalized spacial score (nSPS) is 19.8. The number of anilines is 1. The summed E-state index contributed by atoms with van der Waals surface area (Å²) in [7, 11) is 2.03. The minimum absolute atomic E-state index is 0.00706. The molecule has 4 aromatic rings. The van der Waals surface area contributed by atoms with Gasteiger partial charge in [0.25, 0.3) is 0 Å². The molecule has 0 spiro atoms. The van der Waals surface area contributed by atoms with E-state index in [-0.39, 0.29) is 40.9 Å². The van der Waals surface area contributed by atoms with E-state index in [4.69, 9.17) is 16.3 Å². The zero-order valence-electron chi connectivity index (χ0n) is 22.6. The minimum atomic E-state index is -0.989. The first-order valence-corrected chi connectivity index (χ1v) is 13.9. The maximum atomic E-state index is 16.4. The molecule has 0 unspecified atom stereocenters. The Morgan fingerprint density at radius 3 is 2.73 bits per heavy atom. The number of ether oxygens (including phenoxy) is 1. The standard InChI is InChI=1S/C29H29ClF2N6O3/c1-16-14-37(11-12-38(16)29(39)40)27-20-13-33-25(19-7-3-5-17-8-9-21(31)23(30)22(17)19)24(32)26(20)34-28(35-27)41-15-18-6-4-10-36(18)2/h3,5,7-9,13,16,18H,4,6,10-12,14-15H2,1-2H3,(H,39,40)/t16-,18+/m1/s1. The Bertz CT molecular complexity index is 1660. The van der Waals surface area contributed by atoms with Gasteiger partial charge in [0.1, 0.15) is 29.5 Å². The molecule has 2 saturated heterocycles. The summed E-state index contributed by atoms with van der Waals surface area (Å²) in [5.74, 6) is -0.903. The zero-order chi connectivity index (χ0) is 28.8. The lowest BCUT2D eigenvalue weighted by molar-refractivity contribution is 0.122. The fraction of sp³-hybridized carbons (Fsp3) is 0.379. The van der Waals surface area contributed by atoms with Gasteiger partial charge in [-0.15, -0.1) is 0 Å². The van der Waals surface area contributed by atoms with E-state index in [1.54, 1.807) is 24.3 Å². The largest absolute Gasteiger partial charge is 0.465 e. The van der Waals surface area contributed by atoms with E-state index in [0.29, 0.717) is 47.2 Å². The summed E-state index contributed by atoms with van der Waals surface area (Å²) >= 11 is 6.34. The molecule has 2 aromatic heterocycles. The van der Waals surface area contributed by atoms with Crippen molar-refractivity contribution in [2.75, 3.05) is 44.7 Å². The van der Waals surface area contributed by atoms with Crippen molar-refractivity contribution in [1.82, 2.24) is 24.8 Å². The van der Waals surface area contributed by atoms with Crippen LogP contribution in [0.4, 0.5) is 19.4 Å². The lowest BCUT2D eigenvalue weighted by Gasteiger charge is -2.39. The third-order valence-corrected chi connectivity index (χ3v) is 8.45. The van der Waals surface area contributed by atoms with Crippen molar-refractivity contribution in [2.24, 2.45) is 0 Å². The highest BCUT2D eigenvalue weighted by Gasteiger charge is 2.31. The summed E-state index contributed by atoms with van der Waals surface area (Å²) < 4.78 is 36.9. The molecule has 41 heavy (non-hydrogen) atoms. The third kappa shape index (κ3) is 4.97. The monoisotopic (exact) mass is 582 g/mol. The van der Waals surface area contributed by atoms with Gasteiger partial charge in [0.2, 0.25) is 0 Å². The van der Waals surface area contributed by atoms with Crippen molar-refractivity contribution in [3.05, 3.63) is 53.2 Å². The number of fused-ring (bicyclic) bond motifs is 2. The van der Waals surface area contributed by atoms with E-state index in [0.717, 1.165) is 19.4 Å². The summed E-state index contributed by atoms with van der Waals surface area (Å²) in [6.07, 6.45) is 2.55. The summed E-state index contributed by atoms with van der Waals surface area (Å²) in [5, 5.41) is 10.8. The molecule has 2 aliphatic rings. The van der Waals surface area contributed by atoms with Crippen LogP contribution in [-0.2, 0) is 0 Å². The number of carboxylic acid groups (broad SMARTS) is 1. The molecule has 214 valence electrons. The van der Waals surface area contributed by atoms with Crippen LogP contribution in [-0.4, -0.2) is 87.9 Å². The van der Waals surface area contributed by atoms with Crippen LogP contribution in [0.3, 0.4) is 0 Å². The van der Waals surface area contributed by atoms with E-state index in [1.807, 2.05) is 18.9 Å². The van der Waals surface area contributed by atoms with Gasteiger partial charge in [-0.3, -0.25) is 4.98 Å². The first kappa shape index (κ1) is 27.3. The van der Waals surface area contributed by atoms with Crippen molar-refractivity contribution >= 4 is 45.2 Å². The van der Waals surface area contributed by atoms with Crippen LogP contribution >= 0.6 is 11.6 Å². The Morgan fingerprint density at radius 1 is 1.17 bits per heavy atom. The number of likely N-dealkylation sites (N-methyl/N-ethyl adjacent to an activating group) is 1. The molecule has 2 aliphatic heterocycles. The molecule has 6 rings (SSSR count). The third-order valence-electron chi connectivity index (χ3n) is 8.08. The molecule has 9 nitrogen and oxygen atoms in total. The number of piperazine rings is 1. The number of pyridine rings is 1. The van der Waals surface area contributed by atoms with Gasteiger partial charge in [-0.25, -0.2) is 13.6 Å². The lowest BCUT2D eigenvalue weighted by atomic mass is 10.0. The number of nitrogens with zero attached hydrogens (tertiary/aromatic N) is 6. The molecular weight excluding hydrogens is 554 g/mol. The van der Waals surface area contributed by atoms with Crippen LogP contribution < -0.4 is 9.64 Å². The predicted molar refractivity (Wildman–Crippen MR) is 153 cm³/mol. The fourth-order valence-corrected chi connectivity index (χ4v) is 6.09. The summed E-state index contributed by atoms with van der Waals surface area (Å²) in [5.41, 5.74) is 0.323. The number of hydrogen-bond acceptors (Lipinski definition) is 7. The molecule has 0 bridgehead atoms. The SMILES string of the molecule is C[C@@H]1CN(c2nc(OC[C@@H]3CCCN3C)nc3c(F)c(-c4cccc5ccc(F)c(Cl)c45)ncc23)CCN1C(=O)O. The Morgan fingerprint density at radius 2 is 2.00 bits per heavy atom. The average Bonchev–Trinajstić information content (AvgIpc) is 3.38. The number of amides is 1. The molecule has 2 fully saturated rings. The van der Waals surface area contributed by atoms with Gasteiger partial charge in [0.15, 0.2) is 5.82 Å². The molecule has 0 aliphatic carbocycles. The lowest BCUT2D eigenvalue weighted by Crippen LogP contribution is -2.54. The highest BCUT2D eigenvalue weighted by molar-refractivity contribution is 6.36. The van der Waals surface area contributed by atoms with Crippen LogP contribution in [0.1, 0.15) is 19.8 Å². The molecule has 1 amide bonds. The first-order chi connectivity index (χ1) is 19.7. The molecule has 0 saturated carbocycles. The maximum absolute atomic E-state index is 16.4. The van der Waals surface area contributed by atoms with E-state index in [2.05, 4.69) is 19.9 Å². The number of hydrogen-bond donors (Lipinski definition) is 1. The topological polar surface area (TPSA) is 94.9 Å². The van der Waals surface area contributed by atoms with Crippen molar-refractivity contribution in [2.45, 2.75) is 31.8 Å². The minimum Gasteiger partial charge on any atom is -0.465 e. The zero-order valence-corrected chi connectivity index (χ0v) is 23.4. The first-order valence-electron chi connectivity index (χ1n) is 13.5. The summed E-state index contributed by atoms with van der Waals surface area (Å²) in [6, 6.07) is 7.92. The molecule has 12 heteroatoms. The van der Waals surface area contributed by atoms with Crippen molar-refractivity contribution in [3.63, 3.8) is 0 Å². The number of halogens is 3. The Kier molecular flexibility index (Phi) is 7.25.